The maximum Gasteiger partial charge on any atom is 0.264 e. The van der Waals surface area contributed by atoms with Gasteiger partial charge in [0.25, 0.3) is 10.0 Å². The third-order valence-electron chi connectivity index (χ3n) is 7.35. The molecule has 4 aromatic rings. The molecule has 4 aromatic carbocycles. The number of methoxy groups -OCH3 is 1. The van der Waals surface area contributed by atoms with Gasteiger partial charge in [-0.3, -0.25) is 13.9 Å². The number of halogens is 2. The van der Waals surface area contributed by atoms with Crippen LogP contribution < -0.4 is 14.4 Å². The fourth-order valence-electron chi connectivity index (χ4n) is 4.90. The van der Waals surface area contributed by atoms with E-state index in [9.17, 15) is 18.0 Å². The molecule has 8 nitrogen and oxygen atoms in total. The Kier molecular flexibility index (Phi) is 11.1. The number of aryl methyl sites for hydroxylation is 2. The summed E-state index contributed by atoms with van der Waals surface area (Å²) in [4.78, 5) is 29.3. The number of hydrogen-bond donors (Lipinski definition) is 1. The number of carbonyl (C=O) groups excluding carboxylic acids is 2. The van der Waals surface area contributed by atoms with E-state index < -0.39 is 34.4 Å². The number of nitrogens with one attached hydrogen (secondary N) is 1. The van der Waals surface area contributed by atoms with E-state index in [-0.39, 0.29) is 34.3 Å². The first-order valence-electron chi connectivity index (χ1n) is 14.2. The van der Waals surface area contributed by atoms with Crippen molar-refractivity contribution in [3.63, 3.8) is 0 Å². The summed E-state index contributed by atoms with van der Waals surface area (Å²) in [6.07, 6.45) is 0.187. The van der Waals surface area contributed by atoms with Crippen LogP contribution in [0.2, 0.25) is 10.0 Å². The predicted octanol–water partition coefficient (Wildman–Crippen LogP) is 6.20. The van der Waals surface area contributed by atoms with Gasteiger partial charge in [0.15, 0.2) is 0 Å². The number of amides is 2. The molecule has 0 spiro atoms. The predicted molar refractivity (Wildman–Crippen MR) is 178 cm³/mol. The van der Waals surface area contributed by atoms with E-state index in [4.69, 9.17) is 27.9 Å². The smallest absolute Gasteiger partial charge is 0.264 e. The average Bonchev–Trinajstić information content (AvgIpc) is 3.03. The average molecular weight is 669 g/mol. The van der Waals surface area contributed by atoms with E-state index in [1.807, 2.05) is 44.2 Å². The molecule has 0 radical (unpaired) electrons. The van der Waals surface area contributed by atoms with E-state index in [0.29, 0.717) is 10.6 Å². The van der Waals surface area contributed by atoms with Crippen LogP contribution in [0.15, 0.2) is 95.9 Å². The van der Waals surface area contributed by atoms with Gasteiger partial charge in [0.2, 0.25) is 11.8 Å². The van der Waals surface area contributed by atoms with Crippen LogP contribution >= 0.6 is 23.2 Å². The Morgan fingerprint density at radius 3 is 2.13 bits per heavy atom. The largest absolute Gasteiger partial charge is 0.495 e. The Morgan fingerprint density at radius 2 is 1.51 bits per heavy atom. The zero-order valence-corrected chi connectivity index (χ0v) is 27.8. The summed E-state index contributed by atoms with van der Waals surface area (Å²) in [6.45, 7) is 3.02. The third-order valence-corrected chi connectivity index (χ3v) is 9.86. The van der Waals surface area contributed by atoms with Crippen molar-refractivity contribution in [2.75, 3.05) is 25.0 Å². The van der Waals surface area contributed by atoms with Gasteiger partial charge in [0.1, 0.15) is 18.3 Å². The van der Waals surface area contributed by atoms with Crippen LogP contribution in [0.3, 0.4) is 0 Å². The molecule has 0 unspecified atom stereocenters. The van der Waals surface area contributed by atoms with Crippen molar-refractivity contribution in [3.05, 3.63) is 123 Å². The van der Waals surface area contributed by atoms with Crippen molar-refractivity contribution >= 4 is 50.7 Å². The van der Waals surface area contributed by atoms with Crippen molar-refractivity contribution in [3.8, 4) is 5.75 Å². The lowest BCUT2D eigenvalue weighted by Crippen LogP contribution is -2.53. The lowest BCUT2D eigenvalue weighted by molar-refractivity contribution is -0.139. The van der Waals surface area contributed by atoms with E-state index in [0.717, 1.165) is 21.0 Å². The molecule has 4 rings (SSSR count). The first-order chi connectivity index (χ1) is 21.4. The number of rotatable bonds is 12. The van der Waals surface area contributed by atoms with E-state index in [1.165, 1.54) is 31.2 Å². The topological polar surface area (TPSA) is 96.0 Å². The number of nitrogens with zero attached hydrogens (tertiary/aromatic N) is 2. The second kappa shape index (κ2) is 14.8. The highest BCUT2D eigenvalue weighted by molar-refractivity contribution is 7.92. The molecule has 236 valence electrons. The standard InChI is InChI=1S/C34H35Cl2N3O5S/c1-23-10-14-27(15-11-23)45(42,43)39(30-18-24(2)12-17-32(30)44-4)22-33(40)38(21-26-13-16-28(35)29(36)19-26)31(34(41)37-3)20-25-8-6-5-7-9-25/h5-19,31H,20-22H2,1-4H3,(H,37,41)/t31-/m1/s1. The summed E-state index contributed by atoms with van der Waals surface area (Å²) in [6, 6.07) is 24.7. The van der Waals surface area contributed by atoms with Crippen molar-refractivity contribution in [1.29, 1.82) is 0 Å². The second-order valence-electron chi connectivity index (χ2n) is 10.6. The molecule has 45 heavy (non-hydrogen) atoms. The minimum Gasteiger partial charge on any atom is -0.495 e. The van der Waals surface area contributed by atoms with Crippen LogP contribution in [0.1, 0.15) is 22.3 Å². The van der Waals surface area contributed by atoms with Gasteiger partial charge in [0, 0.05) is 20.0 Å². The van der Waals surface area contributed by atoms with E-state index in [1.54, 1.807) is 48.5 Å². The maximum atomic E-state index is 14.5. The van der Waals surface area contributed by atoms with Gasteiger partial charge in [-0.25, -0.2) is 8.42 Å². The molecule has 0 saturated heterocycles. The number of likely N-dealkylation sites (N-methyl/N-ethyl adjacent to an activating group) is 1. The highest BCUT2D eigenvalue weighted by Crippen LogP contribution is 2.34. The maximum absolute atomic E-state index is 14.5. The molecule has 1 atom stereocenters. The number of benzene rings is 4. The minimum atomic E-state index is -4.28. The molecule has 0 saturated carbocycles. The molecule has 0 fully saturated rings. The number of hydrogen-bond acceptors (Lipinski definition) is 5. The summed E-state index contributed by atoms with van der Waals surface area (Å²) in [7, 11) is -1.35. The Labute approximate surface area is 274 Å². The zero-order valence-electron chi connectivity index (χ0n) is 25.5. The number of carbonyl (C=O) groups is 2. The van der Waals surface area contributed by atoms with Crippen LogP contribution in [-0.2, 0) is 32.6 Å². The van der Waals surface area contributed by atoms with Gasteiger partial charge in [-0.05, 0) is 66.9 Å². The molecule has 0 aliphatic heterocycles. The molecule has 0 heterocycles. The van der Waals surface area contributed by atoms with Gasteiger partial charge in [-0.1, -0.05) is 83.4 Å². The molecular weight excluding hydrogens is 633 g/mol. The number of anilines is 1. The molecule has 0 aliphatic rings. The van der Waals surface area contributed by atoms with Crippen molar-refractivity contribution in [2.24, 2.45) is 0 Å². The number of ether oxygens (including phenoxy) is 1. The summed E-state index contributed by atoms with van der Waals surface area (Å²) in [5.41, 5.74) is 3.28. The lowest BCUT2D eigenvalue weighted by Gasteiger charge is -2.34. The Bertz CT molecular complexity index is 1770. The Balaban J connectivity index is 1.85. The third kappa shape index (κ3) is 8.16. The molecule has 0 aliphatic carbocycles. The van der Waals surface area contributed by atoms with Crippen LogP contribution in [0.25, 0.3) is 0 Å². The minimum absolute atomic E-state index is 0.00706. The van der Waals surface area contributed by atoms with Crippen LogP contribution in [0, 0.1) is 13.8 Å². The Morgan fingerprint density at radius 1 is 0.844 bits per heavy atom. The van der Waals surface area contributed by atoms with E-state index in [2.05, 4.69) is 5.32 Å². The van der Waals surface area contributed by atoms with Crippen molar-refractivity contribution in [2.45, 2.75) is 37.8 Å². The van der Waals surface area contributed by atoms with Gasteiger partial charge >= 0.3 is 0 Å². The zero-order chi connectivity index (χ0) is 32.7. The van der Waals surface area contributed by atoms with Crippen molar-refractivity contribution < 1.29 is 22.7 Å². The molecule has 0 bridgehead atoms. The molecule has 2 amide bonds. The molecular formula is C34H35Cl2N3O5S. The molecule has 11 heteroatoms. The summed E-state index contributed by atoms with van der Waals surface area (Å²) in [5.74, 6) is -0.745. The van der Waals surface area contributed by atoms with Crippen LogP contribution in [0.5, 0.6) is 5.75 Å². The number of sulfonamides is 1. The highest BCUT2D eigenvalue weighted by Gasteiger charge is 2.35. The summed E-state index contributed by atoms with van der Waals surface area (Å²) >= 11 is 12.5. The fraction of sp³-hybridized carbons (Fsp3) is 0.235. The fourth-order valence-corrected chi connectivity index (χ4v) is 6.64. The van der Waals surface area contributed by atoms with Crippen molar-refractivity contribution in [1.82, 2.24) is 10.2 Å². The van der Waals surface area contributed by atoms with Crippen LogP contribution in [-0.4, -0.2) is 51.9 Å². The molecule has 1 N–H and O–H groups in total. The first kappa shape index (κ1) is 33.8. The normalized spacial score (nSPS) is 11.9. The lowest BCUT2D eigenvalue weighted by atomic mass is 10.0. The SMILES string of the molecule is CNC(=O)[C@@H](Cc1ccccc1)N(Cc1ccc(Cl)c(Cl)c1)C(=O)CN(c1cc(C)ccc1OC)S(=O)(=O)c1ccc(C)cc1. The van der Waals surface area contributed by atoms with Gasteiger partial charge in [0.05, 0.1) is 27.7 Å². The van der Waals surface area contributed by atoms with Gasteiger partial charge < -0.3 is 15.0 Å². The monoisotopic (exact) mass is 667 g/mol. The summed E-state index contributed by atoms with van der Waals surface area (Å²) < 4.78 is 35.1. The van der Waals surface area contributed by atoms with Gasteiger partial charge in [-0.2, -0.15) is 0 Å². The summed E-state index contributed by atoms with van der Waals surface area (Å²) in [5, 5.41) is 3.29. The second-order valence-corrected chi connectivity index (χ2v) is 13.3. The quantitative estimate of drug-likeness (QED) is 0.194. The van der Waals surface area contributed by atoms with Crippen LogP contribution in [0.4, 0.5) is 5.69 Å². The Hall–Kier alpha value is -4.05. The molecule has 0 aromatic heterocycles. The van der Waals surface area contributed by atoms with E-state index >= 15 is 0 Å². The van der Waals surface area contributed by atoms with Gasteiger partial charge in [-0.15, -0.1) is 0 Å². The first-order valence-corrected chi connectivity index (χ1v) is 16.4. The highest BCUT2D eigenvalue weighted by atomic mass is 35.5.